The van der Waals surface area contributed by atoms with Crippen LogP contribution in [-0.2, 0) is 19.1 Å². The molecule has 2 amide bonds. The van der Waals surface area contributed by atoms with Crippen molar-refractivity contribution < 1.29 is 28.6 Å². The van der Waals surface area contributed by atoms with Crippen LogP contribution >= 0.6 is 39.9 Å². The molecular formula is C28H31BrN2O6S2. The maximum absolute atomic E-state index is 13.5. The average molecular weight is 636 g/mol. The fourth-order valence-corrected chi connectivity index (χ4v) is 5.81. The number of hydrogen-bond acceptors (Lipinski definition) is 8. The second kappa shape index (κ2) is 14.5. The first-order chi connectivity index (χ1) is 18.7. The third-order valence-electron chi connectivity index (χ3n) is 5.87. The van der Waals surface area contributed by atoms with Gasteiger partial charge < -0.3 is 19.1 Å². The zero-order valence-corrected chi connectivity index (χ0v) is 25.5. The van der Waals surface area contributed by atoms with Gasteiger partial charge in [-0.1, -0.05) is 61.2 Å². The van der Waals surface area contributed by atoms with E-state index in [0.717, 1.165) is 11.8 Å². The average Bonchev–Trinajstić information content (AvgIpc) is 3.20. The van der Waals surface area contributed by atoms with E-state index in [9.17, 15) is 14.4 Å². The van der Waals surface area contributed by atoms with Crippen molar-refractivity contribution in [1.82, 2.24) is 9.80 Å². The molecule has 3 rings (SSSR count). The van der Waals surface area contributed by atoms with Gasteiger partial charge in [0.25, 0.3) is 11.8 Å². The summed E-state index contributed by atoms with van der Waals surface area (Å²) in [6, 6.07) is 11.4. The number of likely N-dealkylation sites (N-methyl/N-ethyl adjacent to an activating group) is 1. The normalized spacial score (nSPS) is 14.9. The van der Waals surface area contributed by atoms with Crippen LogP contribution in [0.3, 0.4) is 0 Å². The van der Waals surface area contributed by atoms with Gasteiger partial charge in [-0.3, -0.25) is 14.5 Å². The first-order valence-corrected chi connectivity index (χ1v) is 14.5. The van der Waals surface area contributed by atoms with Gasteiger partial charge in [0.1, 0.15) is 4.32 Å². The van der Waals surface area contributed by atoms with E-state index in [-0.39, 0.29) is 23.4 Å². The fraction of sp³-hybridized carbons (Fsp3) is 0.357. The molecule has 0 saturated carbocycles. The number of thioether (sulfide) groups is 1. The lowest BCUT2D eigenvalue weighted by Crippen LogP contribution is -2.38. The van der Waals surface area contributed by atoms with E-state index in [2.05, 4.69) is 15.9 Å². The molecule has 0 radical (unpaired) electrons. The summed E-state index contributed by atoms with van der Waals surface area (Å²) in [7, 11) is 1.50. The maximum atomic E-state index is 13.5. The quantitative estimate of drug-likeness (QED) is 0.169. The molecule has 1 heterocycles. The van der Waals surface area contributed by atoms with Crippen molar-refractivity contribution in [3.63, 3.8) is 0 Å². The molecule has 208 valence electrons. The molecule has 2 aromatic rings. The highest BCUT2D eigenvalue weighted by atomic mass is 79.9. The van der Waals surface area contributed by atoms with Gasteiger partial charge in [0.15, 0.2) is 24.1 Å². The largest absolute Gasteiger partial charge is 0.493 e. The van der Waals surface area contributed by atoms with Crippen LogP contribution in [0, 0.1) is 0 Å². The third-order valence-corrected chi connectivity index (χ3v) is 7.79. The second-order valence-corrected chi connectivity index (χ2v) is 11.0. The zero-order chi connectivity index (χ0) is 28.5. The number of amides is 2. The maximum Gasteiger partial charge on any atom is 0.333 e. The number of benzene rings is 2. The van der Waals surface area contributed by atoms with Crippen LogP contribution < -0.4 is 9.47 Å². The van der Waals surface area contributed by atoms with E-state index in [1.165, 1.54) is 12.0 Å². The number of rotatable bonds is 12. The summed E-state index contributed by atoms with van der Waals surface area (Å²) in [5.41, 5.74) is 1.26. The summed E-state index contributed by atoms with van der Waals surface area (Å²) in [5, 5.41) is 0. The van der Waals surface area contributed by atoms with E-state index < -0.39 is 17.9 Å². The van der Waals surface area contributed by atoms with Crippen LogP contribution in [0.1, 0.15) is 44.4 Å². The monoisotopic (exact) mass is 634 g/mol. The number of ether oxygens (including phenoxy) is 3. The summed E-state index contributed by atoms with van der Waals surface area (Å²) < 4.78 is 17.5. The molecule has 0 spiro atoms. The van der Waals surface area contributed by atoms with Crippen LogP contribution in [-0.4, -0.2) is 65.3 Å². The van der Waals surface area contributed by atoms with E-state index >= 15 is 0 Å². The highest BCUT2D eigenvalue weighted by Crippen LogP contribution is 2.41. The number of methoxy groups -OCH3 is 1. The fourth-order valence-electron chi connectivity index (χ4n) is 3.93. The molecular weight excluding hydrogens is 604 g/mol. The summed E-state index contributed by atoms with van der Waals surface area (Å²) in [6.45, 7) is 7.01. The smallest absolute Gasteiger partial charge is 0.333 e. The molecule has 1 aliphatic heterocycles. The highest BCUT2D eigenvalue weighted by molar-refractivity contribution is 9.10. The molecule has 0 N–H and O–H groups in total. The zero-order valence-electron chi connectivity index (χ0n) is 22.3. The molecule has 0 bridgehead atoms. The molecule has 11 heteroatoms. The molecule has 0 aliphatic carbocycles. The Hall–Kier alpha value is -2.89. The van der Waals surface area contributed by atoms with Gasteiger partial charge in [-0.2, -0.15) is 0 Å². The van der Waals surface area contributed by atoms with Crippen LogP contribution in [0.5, 0.6) is 11.5 Å². The van der Waals surface area contributed by atoms with E-state index in [4.69, 9.17) is 26.4 Å². The minimum absolute atomic E-state index is 0.132. The standard InChI is InChI=1S/C28H31BrN2O6S2/c1-5-13-36-27(34)24(19-11-9-8-10-12-19)31-26(33)22(39-28(31)38)16-18-14-20(29)25(21(15-18)35-4)37-17-23(32)30(6-2)7-3/h8-12,14-16,24H,5-7,13,17H2,1-4H3/b22-16+. The second-order valence-electron chi connectivity index (χ2n) is 8.42. The Bertz CT molecular complexity index is 1250. The molecule has 1 atom stereocenters. The summed E-state index contributed by atoms with van der Waals surface area (Å²) in [6.07, 6.45) is 2.34. The SMILES string of the molecule is CCCOC(=O)C(c1ccccc1)N1C(=O)/C(=C\c2cc(Br)c(OCC(=O)N(CC)CC)c(OC)c2)SC1=S. The van der Waals surface area contributed by atoms with Crippen molar-refractivity contribution in [2.75, 3.05) is 33.4 Å². The molecule has 1 saturated heterocycles. The van der Waals surface area contributed by atoms with Gasteiger partial charge in [-0.15, -0.1) is 0 Å². The summed E-state index contributed by atoms with van der Waals surface area (Å²) >= 11 is 10.2. The topological polar surface area (TPSA) is 85.4 Å². The van der Waals surface area contributed by atoms with Crippen LogP contribution in [0.15, 0.2) is 51.8 Å². The lowest BCUT2D eigenvalue weighted by molar-refractivity contribution is -0.151. The molecule has 8 nitrogen and oxygen atoms in total. The minimum Gasteiger partial charge on any atom is -0.493 e. The van der Waals surface area contributed by atoms with E-state index in [1.807, 2.05) is 26.8 Å². The molecule has 1 fully saturated rings. The molecule has 1 unspecified atom stereocenters. The van der Waals surface area contributed by atoms with Gasteiger partial charge in [0.2, 0.25) is 0 Å². The summed E-state index contributed by atoms with van der Waals surface area (Å²) in [5.74, 6) is -0.292. The Labute approximate surface area is 246 Å². The Kier molecular flexibility index (Phi) is 11.4. The van der Waals surface area contributed by atoms with Crippen molar-refractivity contribution >= 4 is 68.1 Å². The number of carbonyl (C=O) groups is 3. The number of carbonyl (C=O) groups excluding carboxylic acids is 3. The lowest BCUT2D eigenvalue weighted by Gasteiger charge is -2.25. The van der Waals surface area contributed by atoms with Crippen molar-refractivity contribution in [3.8, 4) is 11.5 Å². The Morgan fingerprint density at radius 1 is 1.15 bits per heavy atom. The lowest BCUT2D eigenvalue weighted by atomic mass is 10.1. The summed E-state index contributed by atoms with van der Waals surface area (Å²) in [4.78, 5) is 42.3. The van der Waals surface area contributed by atoms with Gasteiger partial charge in [-0.05, 0) is 65.5 Å². The molecule has 1 aliphatic rings. The van der Waals surface area contributed by atoms with Gasteiger partial charge in [-0.25, -0.2) is 4.79 Å². The van der Waals surface area contributed by atoms with Crippen molar-refractivity contribution in [1.29, 1.82) is 0 Å². The van der Waals surface area contributed by atoms with Gasteiger partial charge >= 0.3 is 5.97 Å². The number of nitrogens with zero attached hydrogens (tertiary/aromatic N) is 2. The van der Waals surface area contributed by atoms with Crippen LogP contribution in [0.2, 0.25) is 0 Å². The predicted octanol–water partition coefficient (Wildman–Crippen LogP) is 5.60. The predicted molar refractivity (Wildman–Crippen MR) is 160 cm³/mol. The van der Waals surface area contributed by atoms with Gasteiger partial charge in [0, 0.05) is 13.1 Å². The first kappa shape index (κ1) is 30.6. The van der Waals surface area contributed by atoms with Gasteiger partial charge in [0.05, 0.1) is 23.1 Å². The first-order valence-electron chi connectivity index (χ1n) is 12.5. The minimum atomic E-state index is -0.989. The van der Waals surface area contributed by atoms with E-state index in [0.29, 0.717) is 51.5 Å². The molecule has 0 aromatic heterocycles. The Morgan fingerprint density at radius 2 is 1.85 bits per heavy atom. The van der Waals surface area contributed by atoms with Crippen LogP contribution in [0.25, 0.3) is 6.08 Å². The number of hydrogen-bond donors (Lipinski definition) is 0. The number of thiocarbonyl (C=S) groups is 1. The Morgan fingerprint density at radius 3 is 2.46 bits per heavy atom. The molecule has 2 aromatic carbocycles. The van der Waals surface area contributed by atoms with E-state index in [1.54, 1.807) is 47.4 Å². The third kappa shape index (κ3) is 7.40. The Balaban J connectivity index is 1.89. The van der Waals surface area contributed by atoms with Crippen molar-refractivity contribution in [3.05, 3.63) is 63.0 Å². The molecule has 39 heavy (non-hydrogen) atoms. The highest BCUT2D eigenvalue weighted by Gasteiger charge is 2.42. The van der Waals surface area contributed by atoms with Crippen molar-refractivity contribution in [2.24, 2.45) is 0 Å². The van der Waals surface area contributed by atoms with Crippen LogP contribution in [0.4, 0.5) is 0 Å². The number of esters is 1. The number of halogens is 1. The van der Waals surface area contributed by atoms with Crippen molar-refractivity contribution in [2.45, 2.75) is 33.2 Å².